The van der Waals surface area contributed by atoms with Gasteiger partial charge in [0, 0.05) is 0 Å². The van der Waals surface area contributed by atoms with E-state index < -0.39 is 15.5 Å². The zero-order valence-corrected chi connectivity index (χ0v) is 15.8. The van der Waals surface area contributed by atoms with Gasteiger partial charge < -0.3 is 0 Å². The van der Waals surface area contributed by atoms with E-state index in [2.05, 4.69) is 38.8 Å². The van der Waals surface area contributed by atoms with Crippen LogP contribution in [0.4, 0.5) is 13.2 Å². The predicted octanol–water partition coefficient (Wildman–Crippen LogP) is 6.74. The molecular weight excluding hydrogens is 433 g/mol. The van der Waals surface area contributed by atoms with Gasteiger partial charge in [-0.05, 0) is 57.1 Å². The van der Waals surface area contributed by atoms with Crippen LogP contribution in [0.25, 0.3) is 11.1 Å². The van der Waals surface area contributed by atoms with Crippen LogP contribution in [0, 0.1) is 5.82 Å². The number of halogens is 5. The van der Waals surface area contributed by atoms with Crippen LogP contribution >= 0.6 is 31.9 Å². The number of alkyl halides is 4. The highest BCUT2D eigenvalue weighted by atomic mass is 79.9. The van der Waals surface area contributed by atoms with Gasteiger partial charge in [0.05, 0.1) is 4.83 Å². The van der Waals surface area contributed by atoms with Crippen LogP contribution in [0.5, 0.6) is 0 Å². The molecule has 0 saturated carbocycles. The SMILES string of the molecule is CCCc1ccc(-c2ccc(CC(Br)C(F)(F)Br)c(F)c2)cc1. The van der Waals surface area contributed by atoms with E-state index in [9.17, 15) is 13.2 Å². The van der Waals surface area contributed by atoms with Gasteiger partial charge >= 0.3 is 4.83 Å². The van der Waals surface area contributed by atoms with E-state index >= 15 is 0 Å². The topological polar surface area (TPSA) is 0 Å². The second-order valence-electron chi connectivity index (χ2n) is 5.47. The lowest BCUT2D eigenvalue weighted by molar-refractivity contribution is 0.113. The Morgan fingerprint density at radius 2 is 1.65 bits per heavy atom. The Morgan fingerprint density at radius 1 is 1.04 bits per heavy atom. The summed E-state index contributed by atoms with van der Waals surface area (Å²) in [6, 6.07) is 12.7. The summed E-state index contributed by atoms with van der Waals surface area (Å²) in [5, 5.41) is 0. The molecule has 0 saturated heterocycles. The summed E-state index contributed by atoms with van der Waals surface area (Å²) < 4.78 is 40.5. The molecule has 1 unspecified atom stereocenters. The van der Waals surface area contributed by atoms with Gasteiger partial charge in [0.2, 0.25) is 0 Å². The molecule has 0 radical (unpaired) electrons. The molecule has 0 fully saturated rings. The van der Waals surface area contributed by atoms with Crippen molar-refractivity contribution in [1.82, 2.24) is 0 Å². The number of aryl methyl sites for hydroxylation is 1. The van der Waals surface area contributed by atoms with Crippen molar-refractivity contribution < 1.29 is 13.2 Å². The third-order valence-corrected chi connectivity index (χ3v) is 5.70. The summed E-state index contributed by atoms with van der Waals surface area (Å²) in [6.45, 7) is 2.12. The summed E-state index contributed by atoms with van der Waals surface area (Å²) in [7, 11) is 0. The molecule has 2 rings (SSSR count). The van der Waals surface area contributed by atoms with E-state index in [-0.39, 0.29) is 12.0 Å². The number of benzene rings is 2. The molecule has 0 aliphatic heterocycles. The molecule has 0 heterocycles. The maximum absolute atomic E-state index is 14.2. The first-order valence-electron chi connectivity index (χ1n) is 7.39. The number of hydrogen-bond donors (Lipinski definition) is 0. The van der Waals surface area contributed by atoms with Gasteiger partial charge in [0.15, 0.2) is 0 Å². The standard InChI is InChI=1S/C18H17Br2F3/c1-2-3-12-4-6-13(7-5-12)14-8-9-15(16(21)10-14)11-17(19)18(20,22)23/h4-10,17H,2-3,11H2,1H3. The molecule has 0 bridgehead atoms. The minimum absolute atomic E-state index is 0.0974. The van der Waals surface area contributed by atoms with E-state index in [0.29, 0.717) is 0 Å². The van der Waals surface area contributed by atoms with Crippen LogP contribution in [0.3, 0.4) is 0 Å². The van der Waals surface area contributed by atoms with E-state index in [4.69, 9.17) is 0 Å². The van der Waals surface area contributed by atoms with E-state index in [1.807, 2.05) is 24.3 Å². The van der Waals surface area contributed by atoms with Crippen LogP contribution in [0.2, 0.25) is 0 Å². The molecule has 124 valence electrons. The first-order valence-corrected chi connectivity index (χ1v) is 9.10. The Hall–Kier alpha value is -0.810. The first-order chi connectivity index (χ1) is 10.8. The molecule has 5 heteroatoms. The van der Waals surface area contributed by atoms with Crippen molar-refractivity contribution in [3.63, 3.8) is 0 Å². The molecule has 0 amide bonds. The Morgan fingerprint density at radius 3 is 2.17 bits per heavy atom. The van der Waals surface area contributed by atoms with Gasteiger partial charge in [0.25, 0.3) is 0 Å². The highest BCUT2D eigenvalue weighted by Gasteiger charge is 2.34. The van der Waals surface area contributed by atoms with Crippen molar-refractivity contribution in [2.45, 2.75) is 35.8 Å². The minimum atomic E-state index is -3.08. The second-order valence-corrected chi connectivity index (χ2v) is 7.63. The largest absolute Gasteiger partial charge is 0.314 e. The Kier molecular flexibility index (Phi) is 6.32. The molecule has 1 atom stereocenters. The van der Waals surface area contributed by atoms with Crippen LogP contribution < -0.4 is 0 Å². The maximum Gasteiger partial charge on any atom is 0.314 e. The zero-order valence-electron chi connectivity index (χ0n) is 12.6. The Bertz CT molecular complexity index is 648. The van der Waals surface area contributed by atoms with Gasteiger partial charge in [-0.15, -0.1) is 0 Å². The average molecular weight is 450 g/mol. The lowest BCUT2D eigenvalue weighted by Gasteiger charge is -2.16. The minimum Gasteiger partial charge on any atom is -0.207 e. The maximum atomic E-state index is 14.2. The number of hydrogen-bond acceptors (Lipinski definition) is 0. The van der Waals surface area contributed by atoms with Gasteiger partial charge in [-0.1, -0.05) is 65.7 Å². The molecule has 23 heavy (non-hydrogen) atoms. The van der Waals surface area contributed by atoms with E-state index in [1.54, 1.807) is 12.1 Å². The average Bonchev–Trinajstić information content (AvgIpc) is 2.49. The van der Waals surface area contributed by atoms with Gasteiger partial charge in [-0.3, -0.25) is 0 Å². The molecule has 0 aliphatic rings. The molecule has 2 aromatic carbocycles. The lowest BCUT2D eigenvalue weighted by atomic mass is 9.99. The fourth-order valence-electron chi connectivity index (χ4n) is 2.35. The van der Waals surface area contributed by atoms with Gasteiger partial charge in [-0.2, -0.15) is 8.78 Å². The van der Waals surface area contributed by atoms with Crippen molar-refractivity contribution in [3.05, 3.63) is 59.4 Å². The van der Waals surface area contributed by atoms with Crippen molar-refractivity contribution in [2.24, 2.45) is 0 Å². The molecule has 0 spiro atoms. The van der Waals surface area contributed by atoms with E-state index in [0.717, 1.165) is 24.0 Å². The van der Waals surface area contributed by atoms with Gasteiger partial charge in [0.1, 0.15) is 5.82 Å². The quantitative estimate of drug-likeness (QED) is 0.428. The zero-order chi connectivity index (χ0) is 17.0. The highest BCUT2D eigenvalue weighted by molar-refractivity contribution is 9.12. The summed E-state index contributed by atoms with van der Waals surface area (Å²) in [6.07, 6.45) is 2.00. The predicted molar refractivity (Wildman–Crippen MR) is 96.1 cm³/mol. The fraction of sp³-hybridized carbons (Fsp3) is 0.333. The smallest absolute Gasteiger partial charge is 0.207 e. The van der Waals surface area contributed by atoms with Crippen LogP contribution in [-0.4, -0.2) is 9.66 Å². The third-order valence-electron chi connectivity index (χ3n) is 3.63. The molecule has 0 aromatic heterocycles. The Balaban J connectivity index is 2.18. The Labute approximate surface area is 151 Å². The van der Waals surface area contributed by atoms with Crippen molar-refractivity contribution in [2.75, 3.05) is 0 Å². The van der Waals surface area contributed by atoms with Gasteiger partial charge in [-0.25, -0.2) is 4.39 Å². The van der Waals surface area contributed by atoms with Crippen molar-refractivity contribution in [1.29, 1.82) is 0 Å². The van der Waals surface area contributed by atoms with Crippen molar-refractivity contribution in [3.8, 4) is 11.1 Å². The lowest BCUT2D eigenvalue weighted by Crippen LogP contribution is -2.23. The number of rotatable bonds is 6. The third kappa shape index (κ3) is 5.08. The highest BCUT2D eigenvalue weighted by Crippen LogP contribution is 2.34. The summed E-state index contributed by atoms with van der Waals surface area (Å²) in [5.41, 5.74) is 3.16. The molecular formula is C18H17Br2F3. The molecule has 0 nitrogen and oxygen atoms in total. The summed E-state index contributed by atoms with van der Waals surface area (Å²) in [5.74, 6) is -0.471. The van der Waals surface area contributed by atoms with Crippen molar-refractivity contribution >= 4 is 31.9 Å². The normalized spacial score (nSPS) is 13.1. The van der Waals surface area contributed by atoms with Crippen LogP contribution in [-0.2, 0) is 12.8 Å². The monoisotopic (exact) mass is 448 g/mol. The van der Waals surface area contributed by atoms with Crippen LogP contribution in [0.1, 0.15) is 24.5 Å². The summed E-state index contributed by atoms with van der Waals surface area (Å²) >= 11 is 5.19. The first kappa shape index (κ1) is 18.5. The fourth-order valence-corrected chi connectivity index (χ4v) is 2.86. The molecule has 2 aromatic rings. The molecule has 0 N–H and O–H groups in total. The molecule has 0 aliphatic carbocycles. The second kappa shape index (κ2) is 7.84. The van der Waals surface area contributed by atoms with Crippen LogP contribution in [0.15, 0.2) is 42.5 Å². The summed E-state index contributed by atoms with van der Waals surface area (Å²) in [4.78, 5) is -4.24. The van der Waals surface area contributed by atoms with E-state index in [1.165, 1.54) is 11.6 Å².